The predicted octanol–water partition coefficient (Wildman–Crippen LogP) is 5.48. The van der Waals surface area contributed by atoms with Crippen molar-refractivity contribution >= 4 is 24.0 Å². The summed E-state index contributed by atoms with van der Waals surface area (Å²) in [7, 11) is 0. The lowest BCUT2D eigenvalue weighted by Gasteiger charge is -2.37. The number of carbonyl (C=O) groups excluding carboxylic acids is 2. The minimum absolute atomic E-state index is 0.0308. The van der Waals surface area contributed by atoms with E-state index in [1.807, 2.05) is 146 Å². The number of nitrogens with one attached hydrogen (secondary N) is 2. The van der Waals surface area contributed by atoms with Crippen LogP contribution >= 0.6 is 0 Å². The molecular weight excluding hydrogens is 781 g/mol. The summed E-state index contributed by atoms with van der Waals surface area (Å²) in [6.07, 6.45) is 7.35. The van der Waals surface area contributed by atoms with Gasteiger partial charge in [0, 0.05) is 72.7 Å². The molecule has 10 atom stereocenters. The molecule has 328 valence electrons. The van der Waals surface area contributed by atoms with Crippen LogP contribution in [-0.2, 0) is 22.7 Å². The number of amides is 2. The van der Waals surface area contributed by atoms with E-state index in [1.54, 1.807) is 0 Å². The lowest BCUT2D eigenvalue weighted by molar-refractivity contribution is -0.129. The van der Waals surface area contributed by atoms with Crippen LogP contribution in [-0.4, -0.2) is 79.3 Å². The van der Waals surface area contributed by atoms with Gasteiger partial charge in [-0.1, -0.05) is 98.8 Å². The van der Waals surface area contributed by atoms with Gasteiger partial charge in [-0.15, -0.1) is 0 Å². The zero-order chi connectivity index (χ0) is 44.2. The SMILES string of the molecule is C/C=C/c1ccc2n(c1=O)C[C@H]1[C@H](CO)[C@@H](C(=O)N[C@@H](C)c3ccccc3)[C@@H]2N1CC.C/C=C\c1ccc2n(c1=O)C[C@H]1[C@H](CO)[C@@H](C(=O)N[C@@H](C)c3ccccc3)[C@@H]2N1CC. The van der Waals surface area contributed by atoms with Gasteiger partial charge in [0.05, 0.1) is 36.0 Å². The third kappa shape index (κ3) is 8.17. The van der Waals surface area contributed by atoms with Crippen molar-refractivity contribution in [3.63, 3.8) is 0 Å². The van der Waals surface area contributed by atoms with Gasteiger partial charge in [-0.3, -0.25) is 29.0 Å². The van der Waals surface area contributed by atoms with Crippen molar-refractivity contribution in [2.45, 2.75) is 90.9 Å². The molecule has 6 heterocycles. The molecule has 0 aliphatic carbocycles. The Balaban J connectivity index is 0.000000186. The molecule has 12 heteroatoms. The molecule has 0 radical (unpaired) electrons. The number of benzene rings is 2. The normalized spacial score (nSPS) is 26.1. The van der Waals surface area contributed by atoms with Gasteiger partial charge < -0.3 is 30.0 Å². The summed E-state index contributed by atoms with van der Waals surface area (Å²) in [5.41, 5.74) is 5.03. The van der Waals surface area contributed by atoms with Crippen molar-refractivity contribution in [1.29, 1.82) is 0 Å². The Morgan fingerprint density at radius 2 is 1.00 bits per heavy atom. The van der Waals surface area contributed by atoms with E-state index < -0.39 is 11.8 Å². The minimum Gasteiger partial charge on any atom is -0.396 e. The molecule has 4 bridgehead atoms. The number of aromatic nitrogens is 2. The number of likely N-dealkylation sites (N-methyl/N-ethyl adjacent to an activating group) is 2. The number of fused-ring (bicyclic) bond motifs is 8. The van der Waals surface area contributed by atoms with Crippen LogP contribution in [0.5, 0.6) is 0 Å². The summed E-state index contributed by atoms with van der Waals surface area (Å²) in [6, 6.07) is 26.5. The second kappa shape index (κ2) is 19.3. The average Bonchev–Trinajstić information content (AvgIpc) is 3.66. The molecule has 2 aromatic carbocycles. The number of hydrogen-bond donors (Lipinski definition) is 4. The molecule has 4 aromatic rings. The van der Waals surface area contributed by atoms with E-state index >= 15 is 0 Å². The number of pyridine rings is 2. The number of rotatable bonds is 12. The van der Waals surface area contributed by atoms with Crippen LogP contribution in [0.4, 0.5) is 0 Å². The van der Waals surface area contributed by atoms with Crippen LogP contribution in [0, 0.1) is 23.7 Å². The Morgan fingerprint density at radius 1 is 0.629 bits per heavy atom. The van der Waals surface area contributed by atoms with Gasteiger partial charge in [0.1, 0.15) is 0 Å². The fourth-order valence-corrected chi connectivity index (χ4v) is 10.8. The number of hydrogen-bond acceptors (Lipinski definition) is 8. The Labute approximate surface area is 364 Å². The van der Waals surface area contributed by atoms with E-state index in [0.29, 0.717) is 24.2 Å². The van der Waals surface area contributed by atoms with Crippen LogP contribution < -0.4 is 21.8 Å². The molecule has 2 aromatic heterocycles. The van der Waals surface area contributed by atoms with Gasteiger partial charge in [0.2, 0.25) is 11.8 Å². The number of nitrogens with zero attached hydrogens (tertiary/aromatic N) is 4. The molecule has 4 aliphatic rings. The molecule has 2 fully saturated rings. The van der Waals surface area contributed by atoms with E-state index in [0.717, 1.165) is 35.6 Å². The van der Waals surface area contributed by atoms with Gasteiger partial charge in [-0.05, 0) is 76.2 Å². The van der Waals surface area contributed by atoms with Gasteiger partial charge in [0.25, 0.3) is 11.1 Å². The molecule has 4 aliphatic heterocycles. The summed E-state index contributed by atoms with van der Waals surface area (Å²) in [5, 5.41) is 26.9. The van der Waals surface area contributed by atoms with Crippen LogP contribution in [0.15, 0.2) is 107 Å². The summed E-state index contributed by atoms with van der Waals surface area (Å²) < 4.78 is 3.63. The van der Waals surface area contributed by atoms with Gasteiger partial charge in [-0.25, -0.2) is 0 Å². The standard InChI is InChI=1S/2C25H31N3O3/c2*1-4-9-18-12-13-20-23-22(24(30)26-16(3)17-10-7-6-8-11-17)19(15-29)21(27(23)5-2)14-28(20)25(18)31/h2*4,6-13,16,19,21-23,29H,5,14-15H2,1-3H3,(H,26,30)/b9-4+;9-4-/t2*16-,19-,21-,22+,23+/m00/s1. The average molecular weight is 843 g/mol. The number of aliphatic hydroxyl groups excluding tert-OH is 2. The first kappa shape index (κ1) is 44.6. The maximum absolute atomic E-state index is 13.5. The highest BCUT2D eigenvalue weighted by Crippen LogP contribution is 2.49. The second-order valence-electron chi connectivity index (χ2n) is 17.0. The maximum Gasteiger partial charge on any atom is 0.258 e. The highest BCUT2D eigenvalue weighted by molar-refractivity contribution is 5.82. The van der Waals surface area contributed by atoms with E-state index in [9.17, 15) is 29.4 Å². The first-order chi connectivity index (χ1) is 30.0. The van der Waals surface area contributed by atoms with Crippen molar-refractivity contribution in [2.75, 3.05) is 26.3 Å². The molecule has 4 N–H and O–H groups in total. The van der Waals surface area contributed by atoms with Crippen LogP contribution in [0.1, 0.15) is 99.4 Å². The summed E-state index contributed by atoms with van der Waals surface area (Å²) >= 11 is 0. The van der Waals surface area contributed by atoms with Crippen LogP contribution in [0.3, 0.4) is 0 Å². The smallest absolute Gasteiger partial charge is 0.258 e. The van der Waals surface area contributed by atoms with Crippen molar-refractivity contribution in [2.24, 2.45) is 23.7 Å². The van der Waals surface area contributed by atoms with E-state index in [1.165, 1.54) is 0 Å². The zero-order valence-electron chi connectivity index (χ0n) is 36.7. The fourth-order valence-electron chi connectivity index (χ4n) is 10.8. The second-order valence-corrected chi connectivity index (χ2v) is 17.0. The largest absolute Gasteiger partial charge is 0.396 e. The zero-order valence-corrected chi connectivity index (χ0v) is 36.7. The van der Waals surface area contributed by atoms with Crippen LogP contribution in [0.2, 0.25) is 0 Å². The first-order valence-corrected chi connectivity index (χ1v) is 22.2. The van der Waals surface area contributed by atoms with E-state index in [-0.39, 0.29) is 84.2 Å². The first-order valence-electron chi connectivity index (χ1n) is 22.2. The monoisotopic (exact) mass is 842 g/mol. The Morgan fingerprint density at radius 3 is 1.32 bits per heavy atom. The highest BCUT2D eigenvalue weighted by Gasteiger charge is 2.56. The molecule has 0 saturated carbocycles. The molecule has 62 heavy (non-hydrogen) atoms. The lowest BCUT2D eigenvalue weighted by atomic mass is 9.86. The Hall–Kier alpha value is -5.40. The topological polar surface area (TPSA) is 149 Å². The molecule has 2 saturated heterocycles. The Kier molecular flexibility index (Phi) is 13.9. The summed E-state index contributed by atoms with van der Waals surface area (Å²) in [5.74, 6) is -1.42. The molecule has 0 unspecified atom stereocenters. The van der Waals surface area contributed by atoms with Crippen molar-refractivity contribution in [1.82, 2.24) is 29.6 Å². The molecule has 8 rings (SSSR count). The maximum atomic E-state index is 13.5. The number of aliphatic hydroxyl groups is 2. The third-order valence-corrected chi connectivity index (χ3v) is 13.7. The number of allylic oxidation sites excluding steroid dienone is 2. The van der Waals surface area contributed by atoms with E-state index in [2.05, 4.69) is 34.3 Å². The molecule has 2 amide bonds. The van der Waals surface area contributed by atoms with Crippen LogP contribution in [0.25, 0.3) is 12.2 Å². The molecular formula is C50H62N6O6. The Bertz CT molecular complexity index is 2230. The number of carbonyl (C=O) groups is 2. The quantitative estimate of drug-likeness (QED) is 0.147. The summed E-state index contributed by atoms with van der Waals surface area (Å²) in [6.45, 7) is 14.2. The van der Waals surface area contributed by atoms with Crippen molar-refractivity contribution < 1.29 is 19.8 Å². The molecule has 0 spiro atoms. The fraction of sp³-hybridized carbons (Fsp3) is 0.440. The van der Waals surface area contributed by atoms with Gasteiger partial charge in [0.15, 0.2) is 0 Å². The van der Waals surface area contributed by atoms with Gasteiger partial charge >= 0.3 is 0 Å². The highest BCUT2D eigenvalue weighted by atomic mass is 16.3. The molecule has 12 nitrogen and oxygen atoms in total. The van der Waals surface area contributed by atoms with Gasteiger partial charge in [-0.2, -0.15) is 0 Å². The predicted molar refractivity (Wildman–Crippen MR) is 243 cm³/mol. The minimum atomic E-state index is -0.415. The van der Waals surface area contributed by atoms with Crippen molar-refractivity contribution in [3.8, 4) is 0 Å². The lowest BCUT2D eigenvalue weighted by Crippen LogP contribution is -2.46. The van der Waals surface area contributed by atoms with E-state index in [4.69, 9.17) is 0 Å². The van der Waals surface area contributed by atoms with Crippen molar-refractivity contribution in [3.05, 3.63) is 151 Å². The summed E-state index contributed by atoms with van der Waals surface area (Å²) in [4.78, 5) is 57.8. The third-order valence-electron chi connectivity index (χ3n) is 13.7.